The predicted octanol–water partition coefficient (Wildman–Crippen LogP) is 12.1. The minimum absolute atomic E-state index is 0.850. The zero-order valence-electron chi connectivity index (χ0n) is 29.2. The molecule has 3 aromatic carbocycles. The number of aromatic amines is 1. The van der Waals surface area contributed by atoms with Crippen LogP contribution >= 0.6 is 11.3 Å². The van der Waals surface area contributed by atoms with Gasteiger partial charge in [-0.1, -0.05) is 101 Å². The van der Waals surface area contributed by atoms with Crippen molar-refractivity contribution in [1.82, 2.24) is 15.0 Å². The molecular formula is C48H34N3S. The monoisotopic (exact) mass is 684 g/mol. The van der Waals surface area contributed by atoms with Gasteiger partial charge in [0.2, 0.25) is 0 Å². The average Bonchev–Trinajstić information content (AvgIpc) is 4.01. The van der Waals surface area contributed by atoms with Gasteiger partial charge in [0.25, 0.3) is 0 Å². The molecule has 0 spiro atoms. The van der Waals surface area contributed by atoms with Crippen molar-refractivity contribution in [2.24, 2.45) is 0 Å². The predicted molar refractivity (Wildman–Crippen MR) is 220 cm³/mol. The molecule has 0 saturated heterocycles. The number of benzene rings is 3. The summed E-state index contributed by atoms with van der Waals surface area (Å²) >= 11 is 1.73. The van der Waals surface area contributed by atoms with Crippen molar-refractivity contribution in [3.63, 3.8) is 0 Å². The van der Waals surface area contributed by atoms with Gasteiger partial charge in [-0.05, 0) is 112 Å². The zero-order valence-corrected chi connectivity index (χ0v) is 30.0. The summed E-state index contributed by atoms with van der Waals surface area (Å²) in [6.07, 6.45) is 16.7. The van der Waals surface area contributed by atoms with Crippen molar-refractivity contribution in [2.45, 2.75) is 20.8 Å². The SMILES string of the molecule is Cc1ccc(-c2c3nc(c(C#C[C]4[CH][CH][CH][CH]4)c4ccc(s4)c(-c4ccc(C)cc4)c4nc(c(-c5ccc(C)cc5)c5ccc2[nH]5)C=C4)C=C3)cc1. The summed E-state index contributed by atoms with van der Waals surface area (Å²) in [6.45, 7) is 6.36. The Kier molecular flexibility index (Phi) is 8.30. The van der Waals surface area contributed by atoms with Crippen LogP contribution in [-0.2, 0) is 0 Å². The highest BCUT2D eigenvalue weighted by atomic mass is 32.1. The quantitative estimate of drug-likeness (QED) is 0.188. The molecule has 3 aliphatic rings. The summed E-state index contributed by atoms with van der Waals surface area (Å²) in [5, 5.41) is 0. The normalized spacial score (nSPS) is 13.8. The summed E-state index contributed by atoms with van der Waals surface area (Å²) in [7, 11) is 0. The van der Waals surface area contributed by atoms with Gasteiger partial charge in [-0.25, -0.2) is 9.97 Å². The van der Waals surface area contributed by atoms with E-state index in [1.165, 1.54) is 16.7 Å². The van der Waals surface area contributed by atoms with Crippen LogP contribution in [0.25, 0.3) is 78.1 Å². The second-order valence-corrected chi connectivity index (χ2v) is 14.5. The third-order valence-corrected chi connectivity index (χ3v) is 10.8. The second-order valence-electron chi connectivity index (χ2n) is 13.4. The van der Waals surface area contributed by atoms with E-state index in [4.69, 9.17) is 9.97 Å². The van der Waals surface area contributed by atoms with Gasteiger partial charge in [-0.3, -0.25) is 0 Å². The van der Waals surface area contributed by atoms with Crippen molar-refractivity contribution in [3.05, 3.63) is 174 Å². The molecule has 0 amide bonds. The van der Waals surface area contributed by atoms with E-state index in [0.717, 1.165) is 88.1 Å². The Morgan fingerprint density at radius 2 is 0.904 bits per heavy atom. The highest BCUT2D eigenvalue weighted by Crippen LogP contribution is 2.39. The number of hydrogen-bond donors (Lipinski definition) is 1. The molecule has 1 aliphatic carbocycles. The van der Waals surface area contributed by atoms with Gasteiger partial charge in [0.05, 0.1) is 34.3 Å². The van der Waals surface area contributed by atoms with Crippen LogP contribution in [0.4, 0.5) is 0 Å². The van der Waals surface area contributed by atoms with E-state index < -0.39 is 0 Å². The molecular weight excluding hydrogens is 651 g/mol. The van der Waals surface area contributed by atoms with Crippen molar-refractivity contribution < 1.29 is 0 Å². The minimum atomic E-state index is 0.850. The van der Waals surface area contributed by atoms with E-state index >= 15 is 0 Å². The van der Waals surface area contributed by atoms with Crippen LogP contribution in [-0.4, -0.2) is 15.0 Å². The van der Waals surface area contributed by atoms with Crippen LogP contribution in [0.15, 0.2) is 97.1 Å². The van der Waals surface area contributed by atoms with Gasteiger partial charge in [0.1, 0.15) is 0 Å². The molecule has 5 heterocycles. The van der Waals surface area contributed by atoms with Crippen LogP contribution < -0.4 is 0 Å². The van der Waals surface area contributed by atoms with E-state index in [0.29, 0.717) is 0 Å². The molecule has 0 atom stereocenters. The highest BCUT2D eigenvalue weighted by molar-refractivity contribution is 7.24. The molecule has 1 saturated carbocycles. The van der Waals surface area contributed by atoms with Gasteiger partial charge in [0, 0.05) is 37.1 Å². The Hall–Kier alpha value is -5.76. The molecule has 1 N–H and O–H groups in total. The summed E-state index contributed by atoms with van der Waals surface area (Å²) in [5.74, 6) is 7.93. The molecule has 9 rings (SSSR count). The van der Waals surface area contributed by atoms with Gasteiger partial charge in [0.15, 0.2) is 0 Å². The Morgan fingerprint density at radius 1 is 0.462 bits per heavy atom. The van der Waals surface area contributed by atoms with Crippen molar-refractivity contribution >= 4 is 56.1 Å². The molecule has 5 radical (unpaired) electrons. The summed E-state index contributed by atoms with van der Waals surface area (Å²) in [5.41, 5.74) is 16.6. The van der Waals surface area contributed by atoms with Gasteiger partial charge in [-0.2, -0.15) is 0 Å². The number of nitrogens with zero attached hydrogens (tertiary/aromatic N) is 2. The lowest BCUT2D eigenvalue weighted by Gasteiger charge is -2.07. The molecule has 1 fully saturated rings. The maximum absolute atomic E-state index is 5.41. The topological polar surface area (TPSA) is 41.6 Å². The van der Waals surface area contributed by atoms with Crippen molar-refractivity contribution in [1.29, 1.82) is 0 Å². The molecule has 2 aliphatic heterocycles. The fourth-order valence-electron chi connectivity index (χ4n) is 6.88. The Balaban J connectivity index is 1.43. The van der Waals surface area contributed by atoms with Crippen molar-refractivity contribution in [3.8, 4) is 45.2 Å². The summed E-state index contributed by atoms with van der Waals surface area (Å²) < 4.78 is 2.19. The number of hydrogen-bond acceptors (Lipinski definition) is 3. The lowest BCUT2D eigenvalue weighted by molar-refractivity contribution is 1.31. The first-order valence-corrected chi connectivity index (χ1v) is 18.3. The molecule has 8 bridgehead atoms. The van der Waals surface area contributed by atoms with Crippen LogP contribution in [0.5, 0.6) is 0 Å². The van der Waals surface area contributed by atoms with E-state index in [2.05, 4.69) is 159 Å². The first kappa shape index (κ1) is 32.2. The smallest absolute Gasteiger partial charge is 0.0808 e. The maximum atomic E-state index is 5.41. The largest absolute Gasteiger partial charge is 0.354 e. The average molecular weight is 685 g/mol. The Bertz CT molecular complexity index is 2590. The van der Waals surface area contributed by atoms with Gasteiger partial charge >= 0.3 is 0 Å². The van der Waals surface area contributed by atoms with E-state index in [1.54, 1.807) is 11.3 Å². The van der Waals surface area contributed by atoms with E-state index in [-0.39, 0.29) is 0 Å². The number of aryl methyl sites for hydroxylation is 3. The summed E-state index contributed by atoms with van der Waals surface area (Å²) in [6, 6.07) is 34.9. The van der Waals surface area contributed by atoms with Gasteiger partial charge < -0.3 is 4.98 Å². The van der Waals surface area contributed by atoms with Crippen LogP contribution in [0.1, 0.15) is 45.0 Å². The Labute approximate surface area is 309 Å². The van der Waals surface area contributed by atoms with Crippen LogP contribution in [0, 0.1) is 64.2 Å². The van der Waals surface area contributed by atoms with Crippen molar-refractivity contribution in [2.75, 3.05) is 0 Å². The minimum Gasteiger partial charge on any atom is -0.354 e. The molecule has 3 nitrogen and oxygen atoms in total. The number of nitrogens with one attached hydrogen (secondary N) is 1. The van der Waals surface area contributed by atoms with Crippen LogP contribution in [0.3, 0.4) is 0 Å². The standard InChI is InChI=1S/C48H34N3S/c1-30-8-15-34(16-9-30)46-39-23-22-38(49-39)37(21-14-33-6-4-5-7-33)44-28-29-45(52-44)48(36-19-12-32(3)13-20-36)43-27-26-42(51-43)47(41-25-24-40(46)50-41)35-17-10-31(2)11-18-35/h4-13,15-20,22-29,50H,1-3H3. The molecule has 0 unspecified atom stereocenters. The fraction of sp³-hybridized carbons (Fsp3) is 0.0625. The van der Waals surface area contributed by atoms with Gasteiger partial charge in [-0.15, -0.1) is 11.3 Å². The summed E-state index contributed by atoms with van der Waals surface area (Å²) in [4.78, 5) is 14.6. The lowest BCUT2D eigenvalue weighted by atomic mass is 10.0. The molecule has 6 aromatic rings. The van der Waals surface area contributed by atoms with E-state index in [1.807, 2.05) is 25.7 Å². The molecule has 52 heavy (non-hydrogen) atoms. The number of fused-ring (bicyclic) bond motifs is 8. The maximum Gasteiger partial charge on any atom is 0.0808 e. The zero-order chi connectivity index (χ0) is 35.2. The van der Waals surface area contributed by atoms with E-state index in [9.17, 15) is 0 Å². The number of H-pyrrole nitrogens is 1. The highest BCUT2D eigenvalue weighted by Gasteiger charge is 2.19. The second kappa shape index (κ2) is 13.4. The third kappa shape index (κ3) is 6.12. The third-order valence-electron chi connectivity index (χ3n) is 9.64. The number of rotatable bonds is 3. The molecule has 247 valence electrons. The fourth-order valence-corrected chi connectivity index (χ4v) is 7.97. The first-order chi connectivity index (χ1) is 25.5. The molecule has 4 heteroatoms. The van der Waals surface area contributed by atoms with Crippen LogP contribution in [0.2, 0.25) is 0 Å². The lowest BCUT2D eigenvalue weighted by Crippen LogP contribution is -1.89. The Morgan fingerprint density at radius 3 is 1.44 bits per heavy atom. The number of aromatic nitrogens is 3. The first-order valence-electron chi connectivity index (χ1n) is 17.5. The molecule has 3 aromatic heterocycles. The number of thiophene rings is 1.